The second-order valence-corrected chi connectivity index (χ2v) is 8.59. The van der Waals surface area contributed by atoms with Crippen molar-refractivity contribution in [3.63, 3.8) is 0 Å². The van der Waals surface area contributed by atoms with Gasteiger partial charge in [0.25, 0.3) is 5.91 Å². The summed E-state index contributed by atoms with van der Waals surface area (Å²) in [6, 6.07) is 6.09. The first kappa shape index (κ1) is 22.3. The predicted molar refractivity (Wildman–Crippen MR) is 114 cm³/mol. The van der Waals surface area contributed by atoms with Crippen molar-refractivity contribution in [3.05, 3.63) is 52.1 Å². The Morgan fingerprint density at radius 2 is 1.97 bits per heavy atom. The van der Waals surface area contributed by atoms with Crippen LogP contribution in [0.2, 0.25) is 5.15 Å². The summed E-state index contributed by atoms with van der Waals surface area (Å²) >= 11 is 6.46. The Balaban J connectivity index is 1.67. The Morgan fingerprint density at radius 3 is 2.63 bits per heavy atom. The largest absolute Gasteiger partial charge is 0.354 e. The van der Waals surface area contributed by atoms with Crippen LogP contribution in [0, 0.1) is 18.7 Å². The topological polar surface area (TPSA) is 76.0 Å². The Bertz CT molecular complexity index is 911. The Labute approximate surface area is 181 Å². The summed E-state index contributed by atoms with van der Waals surface area (Å²) in [5.41, 5.74) is 1.70. The quantitative estimate of drug-likeness (QED) is 0.725. The van der Waals surface area contributed by atoms with Crippen LogP contribution in [-0.4, -0.2) is 33.7 Å². The minimum atomic E-state index is -0.311. The standard InChI is InChI=1S/C22H28ClFN4O2/c1-13(2)25-21(29)16-5-4-6-18(11-16)26-22(30)19-14(3)27-28(20(19)23)12-15-7-9-17(24)10-8-15/h7-10,13,16,18H,4-6,11-12H2,1-3H3,(H,25,29)(H,26,30). The number of nitrogens with one attached hydrogen (secondary N) is 2. The van der Waals surface area contributed by atoms with Crippen LogP contribution in [0.5, 0.6) is 0 Å². The fourth-order valence-corrected chi connectivity index (χ4v) is 4.22. The first-order valence-corrected chi connectivity index (χ1v) is 10.7. The SMILES string of the molecule is Cc1nn(Cc2ccc(F)cc2)c(Cl)c1C(=O)NC1CCCC(C(=O)NC(C)C)C1. The molecule has 1 aliphatic carbocycles. The van der Waals surface area contributed by atoms with E-state index in [1.54, 1.807) is 23.7 Å². The number of carbonyl (C=O) groups is 2. The highest BCUT2D eigenvalue weighted by atomic mass is 35.5. The van der Waals surface area contributed by atoms with E-state index < -0.39 is 0 Å². The number of aromatic nitrogens is 2. The van der Waals surface area contributed by atoms with E-state index in [0.717, 1.165) is 24.8 Å². The van der Waals surface area contributed by atoms with Gasteiger partial charge in [-0.2, -0.15) is 5.10 Å². The molecular formula is C22H28ClFN4O2. The maximum atomic E-state index is 13.1. The fraction of sp³-hybridized carbons (Fsp3) is 0.500. The molecular weight excluding hydrogens is 407 g/mol. The molecule has 2 amide bonds. The minimum absolute atomic E-state index is 0.0466. The molecule has 0 bridgehead atoms. The Morgan fingerprint density at radius 1 is 1.27 bits per heavy atom. The summed E-state index contributed by atoms with van der Waals surface area (Å²) in [7, 11) is 0. The molecule has 2 N–H and O–H groups in total. The molecule has 1 saturated carbocycles. The highest BCUT2D eigenvalue weighted by molar-refractivity contribution is 6.33. The third-order valence-electron chi connectivity index (χ3n) is 5.35. The van der Waals surface area contributed by atoms with Gasteiger partial charge in [0.05, 0.1) is 17.8 Å². The van der Waals surface area contributed by atoms with E-state index in [4.69, 9.17) is 11.6 Å². The predicted octanol–water partition coefficient (Wildman–Crippen LogP) is 3.85. The molecule has 0 saturated heterocycles. The number of halogens is 2. The van der Waals surface area contributed by atoms with E-state index >= 15 is 0 Å². The lowest BCUT2D eigenvalue weighted by molar-refractivity contribution is -0.126. The summed E-state index contributed by atoms with van der Waals surface area (Å²) in [6.45, 7) is 5.96. The molecule has 2 atom stereocenters. The first-order valence-electron chi connectivity index (χ1n) is 10.3. The second-order valence-electron chi connectivity index (χ2n) is 8.23. The van der Waals surface area contributed by atoms with Crippen molar-refractivity contribution in [1.29, 1.82) is 0 Å². The van der Waals surface area contributed by atoms with Crippen molar-refractivity contribution in [2.45, 2.75) is 65.1 Å². The summed E-state index contributed by atoms with van der Waals surface area (Å²) in [4.78, 5) is 25.3. The molecule has 2 unspecified atom stereocenters. The number of rotatable bonds is 6. The van der Waals surface area contributed by atoms with Crippen molar-refractivity contribution in [3.8, 4) is 0 Å². The maximum Gasteiger partial charge on any atom is 0.256 e. The zero-order chi connectivity index (χ0) is 21.8. The summed E-state index contributed by atoms with van der Waals surface area (Å²) in [5.74, 6) is -0.637. The van der Waals surface area contributed by atoms with E-state index in [2.05, 4.69) is 15.7 Å². The highest BCUT2D eigenvalue weighted by Gasteiger charge is 2.30. The van der Waals surface area contributed by atoms with Gasteiger partial charge in [0, 0.05) is 18.0 Å². The van der Waals surface area contributed by atoms with Crippen LogP contribution in [0.3, 0.4) is 0 Å². The van der Waals surface area contributed by atoms with Gasteiger partial charge in [-0.05, 0) is 57.7 Å². The molecule has 30 heavy (non-hydrogen) atoms. The molecule has 3 rings (SSSR count). The van der Waals surface area contributed by atoms with Crippen LogP contribution in [0.1, 0.15) is 61.1 Å². The van der Waals surface area contributed by atoms with Gasteiger partial charge in [-0.25, -0.2) is 9.07 Å². The zero-order valence-corrected chi connectivity index (χ0v) is 18.3. The van der Waals surface area contributed by atoms with E-state index in [1.165, 1.54) is 12.1 Å². The van der Waals surface area contributed by atoms with Gasteiger partial charge < -0.3 is 10.6 Å². The molecule has 1 aromatic carbocycles. The molecule has 1 fully saturated rings. The number of benzene rings is 1. The molecule has 8 heteroatoms. The van der Waals surface area contributed by atoms with Crippen LogP contribution >= 0.6 is 11.6 Å². The van der Waals surface area contributed by atoms with Crippen molar-refractivity contribution >= 4 is 23.4 Å². The average Bonchev–Trinajstić information content (AvgIpc) is 2.96. The van der Waals surface area contributed by atoms with Crippen molar-refractivity contribution < 1.29 is 14.0 Å². The van der Waals surface area contributed by atoms with Gasteiger partial charge >= 0.3 is 0 Å². The van der Waals surface area contributed by atoms with Crippen LogP contribution < -0.4 is 10.6 Å². The first-order chi connectivity index (χ1) is 14.2. The normalized spacial score (nSPS) is 19.0. The van der Waals surface area contributed by atoms with Crippen molar-refractivity contribution in [2.75, 3.05) is 0 Å². The van der Waals surface area contributed by atoms with Crippen LogP contribution in [-0.2, 0) is 11.3 Å². The van der Waals surface area contributed by atoms with Crippen LogP contribution in [0.25, 0.3) is 0 Å². The lowest BCUT2D eigenvalue weighted by atomic mass is 9.85. The van der Waals surface area contributed by atoms with E-state index in [9.17, 15) is 14.0 Å². The van der Waals surface area contributed by atoms with Gasteiger partial charge in [-0.15, -0.1) is 0 Å². The lowest BCUT2D eigenvalue weighted by Gasteiger charge is -2.29. The van der Waals surface area contributed by atoms with Crippen molar-refractivity contribution in [1.82, 2.24) is 20.4 Å². The molecule has 0 spiro atoms. The third kappa shape index (κ3) is 5.39. The molecule has 1 aromatic heterocycles. The molecule has 2 aromatic rings. The highest BCUT2D eigenvalue weighted by Crippen LogP contribution is 2.26. The average molecular weight is 435 g/mol. The van der Waals surface area contributed by atoms with Gasteiger partial charge in [0.1, 0.15) is 11.0 Å². The zero-order valence-electron chi connectivity index (χ0n) is 17.5. The Hall–Kier alpha value is -2.41. The molecule has 1 heterocycles. The molecule has 0 aliphatic heterocycles. The molecule has 6 nitrogen and oxygen atoms in total. The van der Waals surface area contributed by atoms with Gasteiger partial charge in [-0.1, -0.05) is 30.2 Å². The van der Waals surface area contributed by atoms with E-state index in [1.807, 2.05) is 13.8 Å². The van der Waals surface area contributed by atoms with Crippen LogP contribution in [0.15, 0.2) is 24.3 Å². The fourth-order valence-electron chi connectivity index (χ4n) is 3.90. The van der Waals surface area contributed by atoms with Gasteiger partial charge in [0.15, 0.2) is 0 Å². The van der Waals surface area contributed by atoms with Gasteiger partial charge in [0.2, 0.25) is 5.91 Å². The number of hydrogen-bond acceptors (Lipinski definition) is 3. The molecule has 162 valence electrons. The summed E-state index contributed by atoms with van der Waals surface area (Å²) in [6.07, 6.45) is 3.17. The van der Waals surface area contributed by atoms with Crippen LogP contribution in [0.4, 0.5) is 4.39 Å². The number of amides is 2. The maximum absolute atomic E-state index is 13.1. The minimum Gasteiger partial charge on any atom is -0.354 e. The smallest absolute Gasteiger partial charge is 0.256 e. The monoisotopic (exact) mass is 434 g/mol. The van der Waals surface area contributed by atoms with Gasteiger partial charge in [-0.3, -0.25) is 9.59 Å². The molecule has 1 aliphatic rings. The molecule has 0 radical (unpaired) electrons. The summed E-state index contributed by atoms with van der Waals surface area (Å²) < 4.78 is 14.7. The number of aryl methyl sites for hydroxylation is 1. The lowest BCUT2D eigenvalue weighted by Crippen LogP contribution is -2.43. The third-order valence-corrected chi connectivity index (χ3v) is 5.73. The number of nitrogens with zero attached hydrogens (tertiary/aromatic N) is 2. The number of carbonyl (C=O) groups excluding carboxylic acids is 2. The van der Waals surface area contributed by atoms with E-state index in [-0.39, 0.29) is 40.8 Å². The van der Waals surface area contributed by atoms with E-state index in [0.29, 0.717) is 24.2 Å². The Kier molecular flexibility index (Phi) is 7.13. The number of hydrogen-bond donors (Lipinski definition) is 2. The summed E-state index contributed by atoms with van der Waals surface area (Å²) in [5, 5.41) is 10.6. The second kappa shape index (κ2) is 9.60. The van der Waals surface area contributed by atoms with Crippen molar-refractivity contribution in [2.24, 2.45) is 5.92 Å².